The number of rotatable bonds is 6. The molecule has 0 radical (unpaired) electrons. The highest BCUT2D eigenvalue weighted by Crippen LogP contribution is 2.30. The minimum atomic E-state index is -0.427. The summed E-state index contributed by atoms with van der Waals surface area (Å²) < 4.78 is 10.7. The molecule has 2 amide bonds. The second kappa shape index (κ2) is 8.22. The van der Waals surface area contributed by atoms with Gasteiger partial charge in [-0.1, -0.05) is 24.3 Å². The molecule has 2 heterocycles. The monoisotopic (exact) mass is 390 g/mol. The number of ether oxygens (including phenoxy) is 1. The summed E-state index contributed by atoms with van der Waals surface area (Å²) in [5.41, 5.74) is 1.52. The standard InChI is InChI=1S/C23H22N2O4/c1-28-20-10-5-9-19(14-20)24-15-17(13-22(24)26)23(27)25(16-21-11-6-12-29-21)18-7-3-2-4-8-18/h2-12,14,17H,13,15-16H2,1H3. The van der Waals surface area contributed by atoms with Crippen LogP contribution >= 0.6 is 0 Å². The van der Waals surface area contributed by atoms with E-state index < -0.39 is 5.92 Å². The van der Waals surface area contributed by atoms with Gasteiger partial charge in [-0.25, -0.2) is 0 Å². The normalized spacial score (nSPS) is 16.1. The number of carbonyl (C=O) groups excluding carboxylic acids is 2. The van der Waals surface area contributed by atoms with Gasteiger partial charge in [0.05, 0.1) is 25.8 Å². The number of methoxy groups -OCH3 is 1. The Morgan fingerprint density at radius 1 is 1.14 bits per heavy atom. The van der Waals surface area contributed by atoms with Crippen molar-refractivity contribution >= 4 is 23.2 Å². The van der Waals surface area contributed by atoms with Crippen molar-refractivity contribution in [2.24, 2.45) is 5.92 Å². The summed E-state index contributed by atoms with van der Waals surface area (Å²) in [4.78, 5) is 29.4. The SMILES string of the molecule is COc1cccc(N2CC(C(=O)N(Cc3ccco3)c3ccccc3)CC2=O)c1. The molecule has 0 spiro atoms. The molecule has 6 nitrogen and oxygen atoms in total. The quantitative estimate of drug-likeness (QED) is 0.641. The van der Waals surface area contributed by atoms with Crippen LogP contribution in [0, 0.1) is 5.92 Å². The first kappa shape index (κ1) is 18.8. The van der Waals surface area contributed by atoms with Gasteiger partial charge in [0.1, 0.15) is 11.5 Å². The van der Waals surface area contributed by atoms with Gasteiger partial charge in [-0.05, 0) is 36.4 Å². The molecule has 0 aliphatic carbocycles. The van der Waals surface area contributed by atoms with Gasteiger partial charge in [0.2, 0.25) is 11.8 Å². The maximum Gasteiger partial charge on any atom is 0.232 e. The molecule has 1 unspecified atom stereocenters. The molecule has 4 rings (SSSR count). The van der Waals surface area contributed by atoms with Crippen molar-refractivity contribution in [3.63, 3.8) is 0 Å². The van der Waals surface area contributed by atoms with Crippen LogP contribution in [-0.4, -0.2) is 25.5 Å². The first-order chi connectivity index (χ1) is 14.2. The van der Waals surface area contributed by atoms with Gasteiger partial charge in [0, 0.05) is 30.4 Å². The molecule has 29 heavy (non-hydrogen) atoms. The number of benzene rings is 2. The fourth-order valence-electron chi connectivity index (χ4n) is 3.58. The van der Waals surface area contributed by atoms with Gasteiger partial charge in [-0.2, -0.15) is 0 Å². The van der Waals surface area contributed by atoms with E-state index in [0.717, 1.165) is 11.4 Å². The first-order valence-corrected chi connectivity index (χ1v) is 9.49. The third kappa shape index (κ3) is 4.01. The zero-order valence-electron chi connectivity index (χ0n) is 16.2. The van der Waals surface area contributed by atoms with Crippen molar-refractivity contribution in [1.82, 2.24) is 0 Å². The van der Waals surface area contributed by atoms with E-state index in [1.165, 1.54) is 0 Å². The average Bonchev–Trinajstić information content (AvgIpc) is 3.42. The van der Waals surface area contributed by atoms with Crippen molar-refractivity contribution in [2.75, 3.05) is 23.5 Å². The maximum atomic E-state index is 13.4. The minimum Gasteiger partial charge on any atom is -0.497 e. The predicted molar refractivity (Wildman–Crippen MR) is 110 cm³/mol. The maximum absolute atomic E-state index is 13.4. The fraction of sp³-hybridized carbons (Fsp3) is 0.217. The molecule has 1 aliphatic rings. The smallest absolute Gasteiger partial charge is 0.232 e. The number of anilines is 2. The predicted octanol–water partition coefficient (Wildman–Crippen LogP) is 3.87. The van der Waals surface area contributed by atoms with Crippen molar-refractivity contribution in [1.29, 1.82) is 0 Å². The lowest BCUT2D eigenvalue weighted by Crippen LogP contribution is -2.37. The van der Waals surface area contributed by atoms with Crippen LogP contribution in [0.5, 0.6) is 5.75 Å². The summed E-state index contributed by atoms with van der Waals surface area (Å²) in [7, 11) is 1.59. The largest absolute Gasteiger partial charge is 0.497 e. The van der Waals surface area contributed by atoms with E-state index in [-0.39, 0.29) is 18.2 Å². The van der Waals surface area contributed by atoms with Crippen molar-refractivity contribution in [3.8, 4) is 5.75 Å². The second-order valence-electron chi connectivity index (χ2n) is 6.95. The Hall–Kier alpha value is -3.54. The van der Waals surface area contributed by atoms with Crippen LogP contribution in [0.3, 0.4) is 0 Å². The van der Waals surface area contributed by atoms with Crippen molar-refractivity contribution in [2.45, 2.75) is 13.0 Å². The summed E-state index contributed by atoms with van der Waals surface area (Å²) in [6.07, 6.45) is 1.77. The highest BCUT2D eigenvalue weighted by Gasteiger charge is 2.38. The lowest BCUT2D eigenvalue weighted by Gasteiger charge is -2.25. The molecule has 148 valence electrons. The molecule has 1 atom stereocenters. The van der Waals surface area contributed by atoms with Crippen molar-refractivity contribution < 1.29 is 18.7 Å². The Bertz CT molecular complexity index is 985. The molecule has 1 fully saturated rings. The zero-order chi connectivity index (χ0) is 20.2. The number of para-hydroxylation sites is 1. The molecule has 1 aliphatic heterocycles. The molecule has 1 aromatic heterocycles. The Kier molecular flexibility index (Phi) is 5.33. The van der Waals surface area contributed by atoms with E-state index in [0.29, 0.717) is 24.6 Å². The number of carbonyl (C=O) groups is 2. The third-order valence-electron chi connectivity index (χ3n) is 5.07. The van der Waals surface area contributed by atoms with E-state index in [2.05, 4.69) is 0 Å². The van der Waals surface area contributed by atoms with Gasteiger partial charge in [0.15, 0.2) is 0 Å². The van der Waals surface area contributed by atoms with Crippen LogP contribution in [-0.2, 0) is 16.1 Å². The zero-order valence-corrected chi connectivity index (χ0v) is 16.2. The van der Waals surface area contributed by atoms with Crippen LogP contribution in [0.15, 0.2) is 77.4 Å². The Morgan fingerprint density at radius 3 is 2.69 bits per heavy atom. The lowest BCUT2D eigenvalue weighted by molar-refractivity contribution is -0.124. The van der Waals surface area contributed by atoms with E-state index in [4.69, 9.17) is 9.15 Å². The van der Waals surface area contributed by atoms with Crippen LogP contribution in [0.25, 0.3) is 0 Å². The van der Waals surface area contributed by atoms with Gasteiger partial charge < -0.3 is 19.0 Å². The second-order valence-corrected chi connectivity index (χ2v) is 6.95. The lowest BCUT2D eigenvalue weighted by atomic mass is 10.1. The molecule has 3 aromatic rings. The van der Waals surface area contributed by atoms with Crippen LogP contribution < -0.4 is 14.5 Å². The van der Waals surface area contributed by atoms with Gasteiger partial charge in [-0.15, -0.1) is 0 Å². The molecule has 1 saturated heterocycles. The fourth-order valence-corrected chi connectivity index (χ4v) is 3.58. The summed E-state index contributed by atoms with van der Waals surface area (Å²) in [6.45, 7) is 0.659. The van der Waals surface area contributed by atoms with Crippen molar-refractivity contribution in [3.05, 3.63) is 78.8 Å². The number of amides is 2. The number of nitrogens with zero attached hydrogens (tertiary/aromatic N) is 2. The Labute approximate surface area is 169 Å². The van der Waals surface area contributed by atoms with E-state index in [1.54, 1.807) is 29.2 Å². The number of hydrogen-bond acceptors (Lipinski definition) is 4. The molecular formula is C23H22N2O4. The molecule has 0 bridgehead atoms. The summed E-state index contributed by atoms with van der Waals surface area (Å²) in [5.74, 6) is 0.780. The topological polar surface area (TPSA) is 63.0 Å². The molecular weight excluding hydrogens is 368 g/mol. The molecule has 0 N–H and O–H groups in total. The first-order valence-electron chi connectivity index (χ1n) is 9.49. The highest BCUT2D eigenvalue weighted by molar-refractivity contribution is 6.04. The number of hydrogen-bond donors (Lipinski definition) is 0. The molecule has 6 heteroatoms. The van der Waals surface area contributed by atoms with Crippen LogP contribution in [0.2, 0.25) is 0 Å². The highest BCUT2D eigenvalue weighted by atomic mass is 16.5. The van der Waals surface area contributed by atoms with Crippen LogP contribution in [0.1, 0.15) is 12.2 Å². The van der Waals surface area contributed by atoms with Gasteiger partial charge in [0.25, 0.3) is 0 Å². The number of furan rings is 1. The molecule has 0 saturated carbocycles. The van der Waals surface area contributed by atoms with E-state index in [9.17, 15) is 9.59 Å². The van der Waals surface area contributed by atoms with Gasteiger partial charge >= 0.3 is 0 Å². The Morgan fingerprint density at radius 2 is 1.97 bits per heavy atom. The summed E-state index contributed by atoms with van der Waals surface area (Å²) in [6, 6.07) is 20.4. The van der Waals surface area contributed by atoms with E-state index in [1.807, 2.05) is 60.7 Å². The summed E-state index contributed by atoms with van der Waals surface area (Å²) >= 11 is 0. The third-order valence-corrected chi connectivity index (χ3v) is 5.07. The minimum absolute atomic E-state index is 0.0670. The van der Waals surface area contributed by atoms with Crippen LogP contribution in [0.4, 0.5) is 11.4 Å². The average molecular weight is 390 g/mol. The summed E-state index contributed by atoms with van der Waals surface area (Å²) in [5, 5.41) is 0. The van der Waals surface area contributed by atoms with Gasteiger partial charge in [-0.3, -0.25) is 9.59 Å². The van der Waals surface area contributed by atoms with E-state index >= 15 is 0 Å². The molecule has 2 aromatic carbocycles. The Balaban J connectivity index is 1.57.